The predicted molar refractivity (Wildman–Crippen MR) is 77.7 cm³/mol. The van der Waals surface area contributed by atoms with Crippen LogP contribution < -0.4 is 10.1 Å². The molecular formula is C14H20BrNO3. The lowest BCUT2D eigenvalue weighted by molar-refractivity contribution is 0.0704. The maximum absolute atomic E-state index is 5.66. The molecule has 0 saturated carbocycles. The molecule has 1 heterocycles. The van der Waals surface area contributed by atoms with Crippen molar-refractivity contribution in [3.63, 3.8) is 0 Å². The fraction of sp³-hybridized carbons (Fsp3) is 0.571. The van der Waals surface area contributed by atoms with Gasteiger partial charge in [-0.15, -0.1) is 0 Å². The van der Waals surface area contributed by atoms with Crippen molar-refractivity contribution in [2.24, 2.45) is 0 Å². The van der Waals surface area contributed by atoms with Crippen LogP contribution in [0.3, 0.4) is 0 Å². The Hall–Kier alpha value is -0.620. The van der Waals surface area contributed by atoms with Gasteiger partial charge in [0.2, 0.25) is 0 Å². The van der Waals surface area contributed by atoms with Crippen LogP contribution in [0.15, 0.2) is 22.7 Å². The summed E-state index contributed by atoms with van der Waals surface area (Å²) in [5.74, 6) is 0.979. The fourth-order valence-corrected chi connectivity index (χ4v) is 2.51. The summed E-state index contributed by atoms with van der Waals surface area (Å²) in [5, 5.41) is 3.52. The summed E-state index contributed by atoms with van der Waals surface area (Å²) in [7, 11) is 1.68. The van der Waals surface area contributed by atoms with E-state index < -0.39 is 0 Å². The third-order valence-corrected chi connectivity index (χ3v) is 3.57. The molecule has 0 fully saturated rings. The molecule has 0 aromatic heterocycles. The Labute approximate surface area is 122 Å². The number of benzene rings is 1. The van der Waals surface area contributed by atoms with E-state index in [4.69, 9.17) is 14.2 Å². The highest BCUT2D eigenvalue weighted by Gasteiger charge is 2.20. The Morgan fingerprint density at radius 1 is 1.37 bits per heavy atom. The van der Waals surface area contributed by atoms with Gasteiger partial charge >= 0.3 is 0 Å². The van der Waals surface area contributed by atoms with Gasteiger partial charge in [0.05, 0.1) is 26.4 Å². The number of rotatable bonds is 7. The summed E-state index contributed by atoms with van der Waals surface area (Å²) < 4.78 is 17.1. The van der Waals surface area contributed by atoms with Gasteiger partial charge in [0, 0.05) is 36.2 Å². The van der Waals surface area contributed by atoms with Crippen LogP contribution in [0.1, 0.15) is 18.0 Å². The summed E-state index contributed by atoms with van der Waals surface area (Å²) in [6.07, 6.45) is 0.988. The van der Waals surface area contributed by atoms with Crippen molar-refractivity contribution in [2.45, 2.75) is 12.5 Å². The van der Waals surface area contributed by atoms with Crippen molar-refractivity contribution in [3.8, 4) is 5.75 Å². The van der Waals surface area contributed by atoms with Crippen molar-refractivity contribution < 1.29 is 14.2 Å². The number of fused-ring (bicyclic) bond motifs is 1. The van der Waals surface area contributed by atoms with Crippen molar-refractivity contribution in [3.05, 3.63) is 28.2 Å². The molecule has 0 radical (unpaired) electrons. The van der Waals surface area contributed by atoms with E-state index in [0.717, 1.165) is 29.8 Å². The summed E-state index contributed by atoms with van der Waals surface area (Å²) in [6, 6.07) is 6.49. The van der Waals surface area contributed by atoms with Crippen LogP contribution in [0.4, 0.5) is 0 Å². The lowest BCUT2D eigenvalue weighted by Crippen LogP contribution is -2.30. The van der Waals surface area contributed by atoms with Gasteiger partial charge in [-0.05, 0) is 18.2 Å². The van der Waals surface area contributed by atoms with Crippen molar-refractivity contribution in [1.29, 1.82) is 0 Å². The molecule has 1 aliphatic heterocycles. The predicted octanol–water partition coefficient (Wildman–Crippen LogP) is 2.53. The number of hydrogen-bond donors (Lipinski definition) is 1. The van der Waals surface area contributed by atoms with Crippen LogP contribution in [0, 0.1) is 0 Å². The molecule has 0 saturated heterocycles. The first kappa shape index (κ1) is 14.8. The number of hydrogen-bond acceptors (Lipinski definition) is 4. The average Bonchev–Trinajstić information content (AvgIpc) is 2.43. The van der Waals surface area contributed by atoms with Gasteiger partial charge < -0.3 is 19.5 Å². The highest BCUT2D eigenvalue weighted by Crippen LogP contribution is 2.33. The Kier molecular flexibility index (Phi) is 6.10. The van der Waals surface area contributed by atoms with Gasteiger partial charge in [-0.1, -0.05) is 15.9 Å². The smallest absolute Gasteiger partial charge is 0.124 e. The fourth-order valence-electron chi connectivity index (χ4n) is 2.13. The molecule has 1 unspecified atom stereocenters. The van der Waals surface area contributed by atoms with Crippen LogP contribution in [0.2, 0.25) is 0 Å². The molecule has 0 aliphatic carbocycles. The third kappa shape index (κ3) is 4.45. The van der Waals surface area contributed by atoms with E-state index in [1.165, 1.54) is 5.56 Å². The van der Waals surface area contributed by atoms with E-state index in [2.05, 4.69) is 27.3 Å². The summed E-state index contributed by atoms with van der Waals surface area (Å²) in [6.45, 7) is 3.59. The van der Waals surface area contributed by atoms with Crippen LogP contribution >= 0.6 is 15.9 Å². The number of halogens is 1. The van der Waals surface area contributed by atoms with Crippen LogP contribution in [-0.4, -0.2) is 40.1 Å². The van der Waals surface area contributed by atoms with Gasteiger partial charge in [-0.2, -0.15) is 0 Å². The zero-order chi connectivity index (χ0) is 13.5. The first-order valence-corrected chi connectivity index (χ1v) is 7.33. The topological polar surface area (TPSA) is 39.7 Å². The number of methoxy groups -OCH3 is 1. The molecule has 4 nitrogen and oxygen atoms in total. The summed E-state index contributed by atoms with van der Waals surface area (Å²) in [5.41, 5.74) is 1.22. The molecule has 1 aliphatic rings. The first-order valence-electron chi connectivity index (χ1n) is 6.53. The SMILES string of the molecule is COCCOCCNC1CCOc2ccc(Br)cc21. The Balaban J connectivity index is 1.80. The van der Waals surface area contributed by atoms with E-state index in [-0.39, 0.29) is 0 Å². The second kappa shape index (κ2) is 7.85. The summed E-state index contributed by atoms with van der Waals surface area (Å²) >= 11 is 3.51. The van der Waals surface area contributed by atoms with E-state index >= 15 is 0 Å². The van der Waals surface area contributed by atoms with E-state index in [1.54, 1.807) is 7.11 Å². The van der Waals surface area contributed by atoms with Gasteiger partial charge in [-0.3, -0.25) is 0 Å². The molecule has 106 valence electrons. The summed E-state index contributed by atoms with van der Waals surface area (Å²) in [4.78, 5) is 0. The molecule has 0 amide bonds. The molecule has 1 N–H and O–H groups in total. The van der Waals surface area contributed by atoms with Crippen LogP contribution in [0.5, 0.6) is 5.75 Å². The molecular weight excluding hydrogens is 310 g/mol. The number of ether oxygens (including phenoxy) is 3. The van der Waals surface area contributed by atoms with Gasteiger partial charge in [0.1, 0.15) is 5.75 Å². The zero-order valence-electron chi connectivity index (χ0n) is 11.2. The van der Waals surface area contributed by atoms with Gasteiger partial charge in [0.15, 0.2) is 0 Å². The maximum Gasteiger partial charge on any atom is 0.124 e. The van der Waals surface area contributed by atoms with E-state index in [0.29, 0.717) is 25.9 Å². The van der Waals surface area contributed by atoms with Gasteiger partial charge in [-0.25, -0.2) is 0 Å². The van der Waals surface area contributed by atoms with Crippen LogP contribution in [-0.2, 0) is 9.47 Å². The van der Waals surface area contributed by atoms with E-state index in [9.17, 15) is 0 Å². The normalized spacial score (nSPS) is 17.9. The lowest BCUT2D eigenvalue weighted by Gasteiger charge is -2.27. The quantitative estimate of drug-likeness (QED) is 0.780. The highest BCUT2D eigenvalue weighted by molar-refractivity contribution is 9.10. The molecule has 1 aromatic carbocycles. The second-order valence-electron chi connectivity index (χ2n) is 4.43. The largest absolute Gasteiger partial charge is 0.493 e. The van der Waals surface area contributed by atoms with Crippen molar-refractivity contribution in [1.82, 2.24) is 5.32 Å². The molecule has 1 aromatic rings. The minimum atomic E-state index is 0.340. The molecule has 19 heavy (non-hydrogen) atoms. The highest BCUT2D eigenvalue weighted by atomic mass is 79.9. The lowest BCUT2D eigenvalue weighted by atomic mass is 10.0. The maximum atomic E-state index is 5.66. The minimum Gasteiger partial charge on any atom is -0.493 e. The molecule has 2 rings (SSSR count). The Morgan fingerprint density at radius 2 is 2.26 bits per heavy atom. The average molecular weight is 330 g/mol. The van der Waals surface area contributed by atoms with Crippen molar-refractivity contribution >= 4 is 15.9 Å². The standard InChI is InChI=1S/C14H20BrNO3/c1-17-8-9-18-7-5-16-13-4-6-19-14-3-2-11(15)10-12(13)14/h2-3,10,13,16H,4-9H2,1H3. The minimum absolute atomic E-state index is 0.340. The van der Waals surface area contributed by atoms with E-state index in [1.807, 2.05) is 12.1 Å². The molecule has 0 bridgehead atoms. The molecule has 1 atom stereocenters. The first-order chi connectivity index (χ1) is 9.31. The monoisotopic (exact) mass is 329 g/mol. The Bertz CT molecular complexity index is 400. The molecule has 5 heteroatoms. The van der Waals surface area contributed by atoms with Crippen molar-refractivity contribution in [2.75, 3.05) is 40.1 Å². The Morgan fingerprint density at radius 3 is 3.11 bits per heavy atom. The van der Waals surface area contributed by atoms with Gasteiger partial charge in [0.25, 0.3) is 0 Å². The zero-order valence-corrected chi connectivity index (χ0v) is 12.7. The second-order valence-corrected chi connectivity index (χ2v) is 5.35. The molecule has 0 spiro atoms. The number of nitrogens with one attached hydrogen (secondary N) is 1. The third-order valence-electron chi connectivity index (χ3n) is 3.08. The van der Waals surface area contributed by atoms with Crippen LogP contribution in [0.25, 0.3) is 0 Å².